The molecule has 0 bridgehead atoms. The average Bonchev–Trinajstić information content (AvgIpc) is 2.28. The Labute approximate surface area is 85.0 Å². The van der Waals surface area contributed by atoms with Crippen LogP contribution in [0, 0.1) is 16.7 Å². The number of hydrogen-bond acceptors (Lipinski definition) is 2. The lowest BCUT2D eigenvalue weighted by molar-refractivity contribution is -0.138. The van der Waals surface area contributed by atoms with Crippen LogP contribution in [0.1, 0.15) is 26.7 Å². The first kappa shape index (κ1) is 10.8. The highest BCUT2D eigenvalue weighted by Gasteiger charge is 2.34. The molecule has 3 nitrogen and oxygen atoms in total. The summed E-state index contributed by atoms with van der Waals surface area (Å²) in [5, 5.41) is 8.97. The molecule has 14 heavy (non-hydrogen) atoms. The number of rotatable bonds is 2. The number of nitriles is 1. The van der Waals surface area contributed by atoms with Crippen LogP contribution in [0.25, 0.3) is 0 Å². The fourth-order valence-electron chi connectivity index (χ4n) is 1.45. The van der Waals surface area contributed by atoms with Gasteiger partial charge in [0, 0.05) is 13.1 Å². The SMILES string of the molecule is CCC(C)(C#N)C(=O)N1CC=CCC1. The molecule has 0 aromatic carbocycles. The van der Waals surface area contributed by atoms with Gasteiger partial charge in [-0.1, -0.05) is 19.1 Å². The van der Waals surface area contributed by atoms with Crippen molar-refractivity contribution in [3.63, 3.8) is 0 Å². The molecule has 0 N–H and O–H groups in total. The standard InChI is InChI=1S/C11H16N2O/c1-3-11(2,9-12)10(14)13-7-5-4-6-8-13/h4-5H,3,6-8H2,1-2H3. The van der Waals surface area contributed by atoms with Crippen LogP contribution >= 0.6 is 0 Å². The first-order valence-corrected chi connectivity index (χ1v) is 4.99. The number of carbonyl (C=O) groups is 1. The maximum atomic E-state index is 12.0. The van der Waals surface area contributed by atoms with Gasteiger partial charge in [-0.05, 0) is 19.8 Å². The quantitative estimate of drug-likeness (QED) is 0.625. The van der Waals surface area contributed by atoms with E-state index in [9.17, 15) is 4.79 Å². The zero-order valence-corrected chi connectivity index (χ0v) is 8.79. The molecule has 0 spiro atoms. The Morgan fingerprint density at radius 2 is 2.36 bits per heavy atom. The molecular weight excluding hydrogens is 176 g/mol. The topological polar surface area (TPSA) is 44.1 Å². The van der Waals surface area contributed by atoms with Gasteiger partial charge in [0.15, 0.2) is 0 Å². The highest BCUT2D eigenvalue weighted by Crippen LogP contribution is 2.23. The van der Waals surface area contributed by atoms with Gasteiger partial charge in [-0.25, -0.2) is 0 Å². The second-order valence-electron chi connectivity index (χ2n) is 3.81. The molecule has 1 heterocycles. The van der Waals surface area contributed by atoms with Crippen molar-refractivity contribution in [2.45, 2.75) is 26.7 Å². The van der Waals surface area contributed by atoms with E-state index in [-0.39, 0.29) is 5.91 Å². The van der Waals surface area contributed by atoms with E-state index in [1.165, 1.54) is 0 Å². The minimum Gasteiger partial charge on any atom is -0.337 e. The Morgan fingerprint density at radius 3 is 2.79 bits per heavy atom. The summed E-state index contributed by atoms with van der Waals surface area (Å²) in [6.45, 7) is 4.98. The van der Waals surface area contributed by atoms with Crippen LogP contribution in [0.4, 0.5) is 0 Å². The monoisotopic (exact) mass is 192 g/mol. The van der Waals surface area contributed by atoms with E-state index in [2.05, 4.69) is 12.1 Å². The van der Waals surface area contributed by atoms with Crippen molar-refractivity contribution in [2.75, 3.05) is 13.1 Å². The van der Waals surface area contributed by atoms with E-state index >= 15 is 0 Å². The van der Waals surface area contributed by atoms with Crippen molar-refractivity contribution in [1.29, 1.82) is 5.26 Å². The first-order chi connectivity index (χ1) is 6.64. The van der Waals surface area contributed by atoms with Crippen LogP contribution in [-0.4, -0.2) is 23.9 Å². The lowest BCUT2D eigenvalue weighted by atomic mass is 9.87. The third-order valence-electron chi connectivity index (χ3n) is 2.77. The van der Waals surface area contributed by atoms with Gasteiger partial charge >= 0.3 is 0 Å². The predicted molar refractivity (Wildman–Crippen MR) is 54.3 cm³/mol. The maximum Gasteiger partial charge on any atom is 0.243 e. The highest BCUT2D eigenvalue weighted by atomic mass is 16.2. The van der Waals surface area contributed by atoms with E-state index in [1.807, 2.05) is 13.0 Å². The van der Waals surface area contributed by atoms with Crippen LogP contribution < -0.4 is 0 Å². The average molecular weight is 192 g/mol. The summed E-state index contributed by atoms with van der Waals surface area (Å²) >= 11 is 0. The van der Waals surface area contributed by atoms with Crippen LogP contribution in [0.5, 0.6) is 0 Å². The zero-order chi connectivity index (χ0) is 10.6. The summed E-state index contributed by atoms with van der Waals surface area (Å²) in [5.41, 5.74) is -0.842. The Morgan fingerprint density at radius 1 is 1.64 bits per heavy atom. The Kier molecular flexibility index (Phi) is 3.29. The van der Waals surface area contributed by atoms with Gasteiger partial charge < -0.3 is 4.90 Å². The molecule has 1 atom stereocenters. The minimum atomic E-state index is -0.842. The molecule has 0 saturated heterocycles. The van der Waals surface area contributed by atoms with Crippen molar-refractivity contribution in [3.8, 4) is 6.07 Å². The second-order valence-corrected chi connectivity index (χ2v) is 3.81. The molecule has 3 heteroatoms. The smallest absolute Gasteiger partial charge is 0.243 e. The molecule has 0 aromatic rings. The van der Waals surface area contributed by atoms with E-state index in [4.69, 9.17) is 5.26 Å². The van der Waals surface area contributed by atoms with Crippen LogP contribution in [0.15, 0.2) is 12.2 Å². The molecule has 0 aromatic heterocycles. The van der Waals surface area contributed by atoms with E-state index < -0.39 is 5.41 Å². The highest BCUT2D eigenvalue weighted by molar-refractivity contribution is 5.85. The van der Waals surface area contributed by atoms with E-state index in [1.54, 1.807) is 11.8 Å². The second kappa shape index (κ2) is 4.28. The molecule has 1 amide bonds. The van der Waals surface area contributed by atoms with Gasteiger partial charge in [0.2, 0.25) is 5.91 Å². The van der Waals surface area contributed by atoms with Crippen molar-refractivity contribution < 1.29 is 4.79 Å². The number of amides is 1. The lowest BCUT2D eigenvalue weighted by Gasteiger charge is -2.30. The molecular formula is C11H16N2O. The summed E-state index contributed by atoms with van der Waals surface area (Å²) in [7, 11) is 0. The fourth-order valence-corrected chi connectivity index (χ4v) is 1.45. The lowest BCUT2D eigenvalue weighted by Crippen LogP contribution is -2.43. The predicted octanol–water partition coefficient (Wildman–Crippen LogP) is 1.71. The molecule has 0 aliphatic carbocycles. The van der Waals surface area contributed by atoms with Crippen LogP contribution in [0.3, 0.4) is 0 Å². The van der Waals surface area contributed by atoms with Crippen molar-refractivity contribution >= 4 is 5.91 Å². The molecule has 76 valence electrons. The van der Waals surface area contributed by atoms with Crippen LogP contribution in [-0.2, 0) is 4.79 Å². The van der Waals surface area contributed by atoms with Crippen molar-refractivity contribution in [2.24, 2.45) is 5.41 Å². The van der Waals surface area contributed by atoms with Gasteiger partial charge in [0.1, 0.15) is 5.41 Å². The Bertz CT molecular complexity index is 290. The molecule has 1 rings (SSSR count). The molecule has 1 unspecified atom stereocenters. The fraction of sp³-hybridized carbons (Fsp3) is 0.636. The molecule has 1 aliphatic rings. The van der Waals surface area contributed by atoms with E-state index in [0.29, 0.717) is 13.0 Å². The van der Waals surface area contributed by atoms with Gasteiger partial charge in [0.25, 0.3) is 0 Å². The maximum absolute atomic E-state index is 12.0. The minimum absolute atomic E-state index is 0.0353. The van der Waals surface area contributed by atoms with Gasteiger partial charge in [-0.15, -0.1) is 0 Å². The van der Waals surface area contributed by atoms with E-state index in [0.717, 1.165) is 13.0 Å². The summed E-state index contributed by atoms with van der Waals surface area (Å²) in [5.74, 6) is -0.0353. The number of hydrogen-bond donors (Lipinski definition) is 0. The summed E-state index contributed by atoms with van der Waals surface area (Å²) in [4.78, 5) is 13.7. The zero-order valence-electron chi connectivity index (χ0n) is 8.79. The summed E-state index contributed by atoms with van der Waals surface area (Å²) in [6, 6.07) is 2.11. The Hall–Kier alpha value is -1.30. The van der Waals surface area contributed by atoms with Crippen LogP contribution in [0.2, 0.25) is 0 Å². The summed E-state index contributed by atoms with van der Waals surface area (Å²) < 4.78 is 0. The molecule has 0 fully saturated rings. The molecule has 1 aliphatic heterocycles. The third-order valence-corrected chi connectivity index (χ3v) is 2.77. The third kappa shape index (κ3) is 1.95. The van der Waals surface area contributed by atoms with Gasteiger partial charge in [-0.2, -0.15) is 5.26 Å². The largest absolute Gasteiger partial charge is 0.337 e. The number of nitrogens with zero attached hydrogens (tertiary/aromatic N) is 2. The number of carbonyl (C=O) groups excluding carboxylic acids is 1. The normalized spacial score (nSPS) is 19.9. The van der Waals surface area contributed by atoms with Crippen molar-refractivity contribution in [1.82, 2.24) is 4.90 Å². The van der Waals surface area contributed by atoms with Gasteiger partial charge in [-0.3, -0.25) is 4.79 Å². The molecule has 0 saturated carbocycles. The molecule has 0 radical (unpaired) electrons. The first-order valence-electron chi connectivity index (χ1n) is 4.99. The van der Waals surface area contributed by atoms with Crippen molar-refractivity contribution in [3.05, 3.63) is 12.2 Å². The Balaban J connectivity index is 2.74. The van der Waals surface area contributed by atoms with Gasteiger partial charge in [0.05, 0.1) is 6.07 Å². The summed E-state index contributed by atoms with van der Waals surface area (Å²) in [6.07, 6.45) is 5.52.